The van der Waals surface area contributed by atoms with Crippen molar-refractivity contribution in [1.29, 1.82) is 0 Å². The molecular formula is C12H19O2. The lowest BCUT2D eigenvalue weighted by Crippen LogP contribution is -1.99. The van der Waals surface area contributed by atoms with Crippen LogP contribution in [0, 0.1) is 12.3 Å². The number of methoxy groups -OCH3 is 1. The Hall–Kier alpha value is -0.970. The summed E-state index contributed by atoms with van der Waals surface area (Å²) < 4.78 is 4.54. The van der Waals surface area contributed by atoms with Crippen molar-refractivity contribution in [3.8, 4) is 5.92 Å². The van der Waals surface area contributed by atoms with E-state index in [0.717, 1.165) is 25.7 Å². The fourth-order valence-electron chi connectivity index (χ4n) is 1.29. The van der Waals surface area contributed by atoms with Crippen LogP contribution in [0.25, 0.3) is 0 Å². The molecule has 0 unspecified atom stereocenters. The van der Waals surface area contributed by atoms with E-state index in [0.29, 0.717) is 6.42 Å². The first-order chi connectivity index (χ1) is 6.81. The Morgan fingerprint density at radius 1 is 1.14 bits per heavy atom. The molecular weight excluding hydrogens is 176 g/mol. The number of ether oxygens (including phenoxy) is 1. The quantitative estimate of drug-likeness (QED) is 0.338. The zero-order chi connectivity index (χ0) is 10.6. The maximum atomic E-state index is 10.7. The van der Waals surface area contributed by atoms with Gasteiger partial charge >= 0.3 is 5.97 Å². The van der Waals surface area contributed by atoms with Crippen molar-refractivity contribution in [3.05, 3.63) is 6.42 Å². The van der Waals surface area contributed by atoms with E-state index in [9.17, 15) is 4.79 Å². The van der Waals surface area contributed by atoms with Crippen molar-refractivity contribution in [2.75, 3.05) is 7.11 Å². The second kappa shape index (κ2) is 10.1. The van der Waals surface area contributed by atoms with Crippen LogP contribution in [-0.4, -0.2) is 13.1 Å². The van der Waals surface area contributed by atoms with E-state index in [2.05, 4.69) is 10.7 Å². The highest BCUT2D eigenvalue weighted by molar-refractivity contribution is 5.68. The van der Waals surface area contributed by atoms with Gasteiger partial charge in [0.15, 0.2) is 0 Å². The number of esters is 1. The molecule has 0 aromatic heterocycles. The summed E-state index contributed by atoms with van der Waals surface area (Å²) in [5.41, 5.74) is 0. The molecule has 2 nitrogen and oxygen atoms in total. The molecule has 0 aliphatic rings. The molecule has 0 saturated carbocycles. The molecule has 0 rings (SSSR count). The minimum atomic E-state index is -0.108. The number of unbranched alkanes of at least 4 members (excludes halogenated alkanes) is 6. The molecule has 14 heavy (non-hydrogen) atoms. The predicted octanol–water partition coefficient (Wildman–Crippen LogP) is 2.87. The summed E-state index contributed by atoms with van der Waals surface area (Å²) in [7, 11) is 1.43. The van der Waals surface area contributed by atoms with Crippen molar-refractivity contribution in [1.82, 2.24) is 0 Å². The zero-order valence-electron chi connectivity index (χ0n) is 8.97. The Morgan fingerprint density at radius 2 is 1.71 bits per heavy atom. The predicted molar refractivity (Wildman–Crippen MR) is 56.1 cm³/mol. The van der Waals surface area contributed by atoms with E-state index >= 15 is 0 Å². The third-order valence-corrected chi connectivity index (χ3v) is 2.16. The first-order valence-corrected chi connectivity index (χ1v) is 5.27. The Kier molecular flexibility index (Phi) is 9.41. The van der Waals surface area contributed by atoms with Gasteiger partial charge in [0.2, 0.25) is 0 Å². The number of carbonyl (C=O) groups excluding carboxylic acids is 1. The van der Waals surface area contributed by atoms with Crippen LogP contribution in [0.3, 0.4) is 0 Å². The number of rotatable bonds is 8. The average molecular weight is 195 g/mol. The highest BCUT2D eigenvalue weighted by Gasteiger charge is 1.98. The Labute approximate surface area is 87.0 Å². The second-order valence-electron chi connectivity index (χ2n) is 3.37. The molecule has 0 fully saturated rings. The minimum Gasteiger partial charge on any atom is -0.469 e. The van der Waals surface area contributed by atoms with Gasteiger partial charge in [-0.3, -0.25) is 4.79 Å². The summed E-state index contributed by atoms with van der Waals surface area (Å²) in [6.45, 7) is 0. The maximum absolute atomic E-state index is 10.7. The number of hydrogen-bond donors (Lipinski definition) is 0. The molecule has 0 aliphatic heterocycles. The van der Waals surface area contributed by atoms with Crippen LogP contribution >= 0.6 is 0 Å². The summed E-state index contributed by atoms with van der Waals surface area (Å²) in [5, 5.41) is 0. The molecule has 0 saturated heterocycles. The van der Waals surface area contributed by atoms with Gasteiger partial charge in [-0.1, -0.05) is 31.6 Å². The van der Waals surface area contributed by atoms with E-state index in [1.54, 1.807) is 0 Å². The standard InChI is InChI=1S/C12H19O2/c1-3-4-5-6-7-8-9-10-11-12(13)14-2/h4-11H2,2H3. The molecule has 0 N–H and O–H groups in total. The molecule has 0 aromatic carbocycles. The summed E-state index contributed by atoms with van der Waals surface area (Å²) in [5.74, 6) is 2.27. The molecule has 0 aromatic rings. The Balaban J connectivity index is 3.00. The van der Waals surface area contributed by atoms with E-state index < -0.39 is 0 Å². The van der Waals surface area contributed by atoms with Crippen molar-refractivity contribution in [3.63, 3.8) is 0 Å². The van der Waals surface area contributed by atoms with Crippen molar-refractivity contribution in [2.24, 2.45) is 0 Å². The van der Waals surface area contributed by atoms with Gasteiger partial charge in [-0.15, -0.1) is 0 Å². The van der Waals surface area contributed by atoms with Crippen LogP contribution in [0.15, 0.2) is 0 Å². The number of hydrogen-bond acceptors (Lipinski definition) is 2. The molecule has 0 atom stereocenters. The van der Waals surface area contributed by atoms with Gasteiger partial charge in [0.25, 0.3) is 0 Å². The van der Waals surface area contributed by atoms with Crippen molar-refractivity contribution in [2.45, 2.75) is 51.4 Å². The molecule has 2 heteroatoms. The SMILES string of the molecule is [C]#CCCCCCCCCC(=O)OC. The van der Waals surface area contributed by atoms with E-state index in [4.69, 9.17) is 6.42 Å². The van der Waals surface area contributed by atoms with Crippen LogP contribution in [0.1, 0.15) is 51.4 Å². The molecule has 0 aliphatic carbocycles. The summed E-state index contributed by atoms with van der Waals surface area (Å²) >= 11 is 0. The summed E-state index contributed by atoms with van der Waals surface area (Å²) in [6, 6.07) is 0. The number of carbonyl (C=O) groups is 1. The molecule has 0 heterocycles. The lowest BCUT2D eigenvalue weighted by atomic mass is 10.1. The van der Waals surface area contributed by atoms with Gasteiger partial charge in [-0.05, 0) is 19.3 Å². The lowest BCUT2D eigenvalue weighted by Gasteiger charge is -2.00. The van der Waals surface area contributed by atoms with Crippen LogP contribution in [0.5, 0.6) is 0 Å². The Morgan fingerprint density at radius 3 is 2.29 bits per heavy atom. The van der Waals surface area contributed by atoms with Crippen LogP contribution < -0.4 is 0 Å². The second-order valence-corrected chi connectivity index (χ2v) is 3.37. The van der Waals surface area contributed by atoms with Gasteiger partial charge in [-0.2, -0.15) is 0 Å². The third kappa shape index (κ3) is 9.12. The van der Waals surface area contributed by atoms with Crippen molar-refractivity contribution < 1.29 is 9.53 Å². The fourth-order valence-corrected chi connectivity index (χ4v) is 1.29. The first-order valence-electron chi connectivity index (χ1n) is 5.27. The average Bonchev–Trinajstić information content (AvgIpc) is 2.21. The van der Waals surface area contributed by atoms with E-state index in [1.165, 1.54) is 26.4 Å². The lowest BCUT2D eigenvalue weighted by molar-refractivity contribution is -0.140. The molecule has 0 spiro atoms. The smallest absolute Gasteiger partial charge is 0.305 e. The molecule has 79 valence electrons. The largest absolute Gasteiger partial charge is 0.469 e. The van der Waals surface area contributed by atoms with Crippen molar-refractivity contribution >= 4 is 5.97 Å². The minimum absolute atomic E-state index is 0.108. The monoisotopic (exact) mass is 195 g/mol. The highest BCUT2D eigenvalue weighted by atomic mass is 16.5. The van der Waals surface area contributed by atoms with Gasteiger partial charge < -0.3 is 4.74 Å². The molecule has 0 bridgehead atoms. The van der Waals surface area contributed by atoms with Crippen LogP contribution in [0.2, 0.25) is 0 Å². The fraction of sp³-hybridized carbons (Fsp3) is 0.750. The third-order valence-electron chi connectivity index (χ3n) is 2.16. The van der Waals surface area contributed by atoms with Gasteiger partial charge in [0, 0.05) is 12.8 Å². The van der Waals surface area contributed by atoms with Crippen LogP contribution in [0.4, 0.5) is 0 Å². The normalized spacial score (nSPS) is 9.43. The topological polar surface area (TPSA) is 26.3 Å². The summed E-state index contributed by atoms with van der Waals surface area (Å²) in [4.78, 5) is 10.7. The van der Waals surface area contributed by atoms with Gasteiger partial charge in [-0.25, -0.2) is 0 Å². The Bertz CT molecular complexity index is 179. The van der Waals surface area contributed by atoms with Gasteiger partial charge in [0.1, 0.15) is 0 Å². The molecule has 1 radical (unpaired) electrons. The van der Waals surface area contributed by atoms with Gasteiger partial charge in [0.05, 0.1) is 7.11 Å². The maximum Gasteiger partial charge on any atom is 0.305 e. The van der Waals surface area contributed by atoms with Crippen LogP contribution in [-0.2, 0) is 9.53 Å². The highest BCUT2D eigenvalue weighted by Crippen LogP contribution is 2.08. The van der Waals surface area contributed by atoms with E-state index in [1.807, 2.05) is 0 Å². The first kappa shape index (κ1) is 13.0. The molecule has 0 amide bonds. The van der Waals surface area contributed by atoms with E-state index in [-0.39, 0.29) is 5.97 Å². The summed E-state index contributed by atoms with van der Waals surface area (Å²) in [6.07, 6.45) is 14.7. The zero-order valence-corrected chi connectivity index (χ0v) is 8.97.